The number of anilines is 2. The molecule has 0 radical (unpaired) electrons. The Morgan fingerprint density at radius 1 is 0.737 bits per heavy atom. The van der Waals surface area contributed by atoms with Crippen LogP contribution in [0.1, 0.15) is 110 Å². The van der Waals surface area contributed by atoms with Gasteiger partial charge in [0, 0.05) is 34.9 Å². The molecule has 2 aliphatic carbocycles. The van der Waals surface area contributed by atoms with Gasteiger partial charge in [-0.3, -0.25) is 24.4 Å². The number of hydrogen-bond acceptors (Lipinski definition) is 13. The minimum Gasteiger partial charge on any atom is -0.467 e. The number of nitrogens with zero attached hydrogens (tertiary/aromatic N) is 6. The number of nitrogen functional groups attached to an aromatic ring is 2. The first-order chi connectivity index (χ1) is 27.4. The Bertz CT molecular complexity index is 1700. The Kier molecular flexibility index (Phi) is 14.5. The van der Waals surface area contributed by atoms with Crippen LogP contribution in [0.2, 0.25) is 0 Å². The van der Waals surface area contributed by atoms with Crippen molar-refractivity contribution in [1.29, 1.82) is 0 Å². The minimum absolute atomic E-state index is 0. The van der Waals surface area contributed by atoms with Crippen LogP contribution in [0.15, 0.2) is 45.6 Å². The molecular formula is C43H63ClN8O3S2. The maximum atomic E-state index is 15.1. The molecule has 0 bridgehead atoms. The molecule has 0 spiro atoms. The SMILES string of the molecule is CCCN(CC1CCN([C@H](C(=O)[C@H](c2ccco2)N2CCC(CN(CCC)C3CCc4nc(N)sc4C3)CC2)c2ccco2)CC1)C1CCc2nc(N)sc2C1.Cl. The highest BCUT2D eigenvalue weighted by Crippen LogP contribution is 2.38. The van der Waals surface area contributed by atoms with Crippen molar-refractivity contribution < 1.29 is 13.6 Å². The molecule has 14 heteroatoms. The van der Waals surface area contributed by atoms with Crippen LogP contribution in [0.3, 0.4) is 0 Å². The van der Waals surface area contributed by atoms with E-state index in [0.717, 1.165) is 141 Å². The van der Waals surface area contributed by atoms with Gasteiger partial charge in [0.1, 0.15) is 23.6 Å². The Morgan fingerprint density at radius 3 is 1.53 bits per heavy atom. The standard InChI is InChI=1S/C43H62N8O3S2.ClH/c1-3-17-50(31-9-11-33-37(25-31)55-42(44)46-33)27-29-13-19-48(20-14-29)39(35-7-5-23-53-35)41(52)40(36-8-6-24-54-36)49-21-15-30(16-22-49)28-51(18-4-2)32-10-12-34-38(26-32)56-43(45)47-34;/h5-8,23-24,29-32,39-40H,3-4,9-22,25-28H2,1-2H3,(H2,44,46)(H2,45,47);1H/t31?,32?,39-,40-;/m0./s1. The van der Waals surface area contributed by atoms with Gasteiger partial charge in [-0.05, 0) is 152 Å². The number of carbonyl (C=O) groups is 1. The monoisotopic (exact) mass is 838 g/mol. The lowest BCUT2D eigenvalue weighted by Crippen LogP contribution is -2.49. The Hall–Kier alpha value is -2.78. The highest BCUT2D eigenvalue weighted by Gasteiger charge is 2.42. The zero-order valence-electron chi connectivity index (χ0n) is 33.9. The van der Waals surface area contributed by atoms with E-state index in [0.29, 0.717) is 34.2 Å². The largest absolute Gasteiger partial charge is 0.467 e. The van der Waals surface area contributed by atoms with E-state index >= 15 is 4.79 Å². The quantitative estimate of drug-likeness (QED) is 0.115. The molecule has 11 nitrogen and oxygen atoms in total. The number of hydrogen-bond donors (Lipinski definition) is 2. The first kappa shape index (κ1) is 42.3. The van der Waals surface area contributed by atoms with Crippen molar-refractivity contribution in [1.82, 2.24) is 29.6 Å². The molecule has 2 fully saturated rings. The second kappa shape index (κ2) is 19.5. The first-order valence-corrected chi connectivity index (χ1v) is 23.0. The molecule has 0 saturated carbocycles. The van der Waals surface area contributed by atoms with E-state index < -0.39 is 12.1 Å². The predicted molar refractivity (Wildman–Crippen MR) is 232 cm³/mol. The zero-order chi connectivity index (χ0) is 38.6. The number of Topliss-reactive ketones (excluding diaryl/α,β-unsaturated/α-hetero) is 1. The number of halogens is 1. The maximum Gasteiger partial charge on any atom is 0.182 e. The van der Waals surface area contributed by atoms with Gasteiger partial charge >= 0.3 is 0 Å². The molecule has 8 rings (SSSR count). The van der Waals surface area contributed by atoms with E-state index in [4.69, 9.17) is 20.3 Å². The van der Waals surface area contributed by atoms with Crippen LogP contribution in [0.25, 0.3) is 0 Å². The molecule has 0 aromatic carbocycles. The van der Waals surface area contributed by atoms with Gasteiger partial charge in [0.2, 0.25) is 0 Å². The predicted octanol–water partition coefficient (Wildman–Crippen LogP) is 7.69. The van der Waals surface area contributed by atoms with Gasteiger partial charge in [-0.2, -0.15) is 0 Å². The van der Waals surface area contributed by atoms with Gasteiger partial charge in [0.15, 0.2) is 16.0 Å². The van der Waals surface area contributed by atoms with Gasteiger partial charge < -0.3 is 20.3 Å². The summed E-state index contributed by atoms with van der Waals surface area (Å²) >= 11 is 3.35. The summed E-state index contributed by atoms with van der Waals surface area (Å²) in [6.45, 7) is 12.5. The smallest absolute Gasteiger partial charge is 0.182 e. The summed E-state index contributed by atoms with van der Waals surface area (Å²) in [5, 5.41) is 1.41. The fraction of sp³-hybridized carbons (Fsp3) is 0.651. The lowest BCUT2D eigenvalue weighted by Gasteiger charge is -2.43. The molecule has 312 valence electrons. The Labute approximate surface area is 353 Å². The van der Waals surface area contributed by atoms with Crippen molar-refractivity contribution in [2.75, 3.05) is 63.8 Å². The molecule has 2 aliphatic heterocycles. The van der Waals surface area contributed by atoms with E-state index in [1.54, 1.807) is 35.2 Å². The molecular weight excluding hydrogens is 776 g/mol. The highest BCUT2D eigenvalue weighted by atomic mass is 35.5. The van der Waals surface area contributed by atoms with Crippen molar-refractivity contribution >= 4 is 51.1 Å². The van der Waals surface area contributed by atoms with Crippen molar-refractivity contribution in [3.8, 4) is 0 Å². The Balaban J connectivity index is 0.00000496. The molecule has 4 aromatic heterocycles. The lowest BCUT2D eigenvalue weighted by molar-refractivity contribution is -0.133. The van der Waals surface area contributed by atoms with Gasteiger partial charge in [0.25, 0.3) is 0 Å². The summed E-state index contributed by atoms with van der Waals surface area (Å²) in [5.41, 5.74) is 14.6. The highest BCUT2D eigenvalue weighted by molar-refractivity contribution is 7.15. The summed E-state index contributed by atoms with van der Waals surface area (Å²) in [5.74, 6) is 2.84. The molecule has 2 saturated heterocycles. The summed E-state index contributed by atoms with van der Waals surface area (Å²) in [6.07, 6.45) is 16.5. The van der Waals surface area contributed by atoms with E-state index in [1.807, 2.05) is 24.3 Å². The van der Waals surface area contributed by atoms with E-state index in [-0.39, 0.29) is 18.2 Å². The second-order valence-electron chi connectivity index (χ2n) is 16.8. The molecule has 0 amide bonds. The maximum absolute atomic E-state index is 15.1. The summed E-state index contributed by atoms with van der Waals surface area (Å²) in [6, 6.07) is 8.02. The lowest BCUT2D eigenvalue weighted by atomic mass is 9.88. The average molecular weight is 840 g/mol. The fourth-order valence-electron chi connectivity index (χ4n) is 10.3. The van der Waals surface area contributed by atoms with E-state index in [2.05, 4.69) is 43.4 Å². The zero-order valence-corrected chi connectivity index (χ0v) is 36.3. The average Bonchev–Trinajstić information content (AvgIpc) is 4.04. The minimum atomic E-state index is -0.448. The number of carbonyl (C=O) groups excluding carboxylic acids is 1. The molecule has 6 heterocycles. The topological polar surface area (TPSA) is 134 Å². The fourth-order valence-corrected chi connectivity index (χ4v) is 12.2. The van der Waals surface area contributed by atoms with Crippen LogP contribution in [0, 0.1) is 11.8 Å². The van der Waals surface area contributed by atoms with Gasteiger partial charge in [-0.1, -0.05) is 13.8 Å². The van der Waals surface area contributed by atoms with Gasteiger partial charge in [0.05, 0.1) is 23.9 Å². The number of rotatable bonds is 16. The molecule has 4 aromatic rings. The van der Waals surface area contributed by atoms with Crippen molar-refractivity contribution in [2.45, 2.75) is 115 Å². The van der Waals surface area contributed by atoms with Crippen LogP contribution < -0.4 is 11.5 Å². The van der Waals surface area contributed by atoms with Gasteiger partial charge in [-0.15, -0.1) is 35.1 Å². The number of furan rings is 2. The molecule has 4 aliphatic rings. The number of ketones is 1. The van der Waals surface area contributed by atoms with Crippen molar-refractivity contribution in [3.05, 3.63) is 69.5 Å². The van der Waals surface area contributed by atoms with E-state index in [9.17, 15) is 0 Å². The summed E-state index contributed by atoms with van der Waals surface area (Å²) in [4.78, 5) is 37.3. The third-order valence-corrected chi connectivity index (χ3v) is 15.0. The normalized spacial score (nSPS) is 22.3. The number of aromatic nitrogens is 2. The second-order valence-corrected chi connectivity index (χ2v) is 19.1. The van der Waals surface area contributed by atoms with Gasteiger partial charge in [-0.25, -0.2) is 9.97 Å². The van der Waals surface area contributed by atoms with Crippen LogP contribution in [-0.2, 0) is 30.5 Å². The van der Waals surface area contributed by atoms with Crippen LogP contribution in [-0.4, -0.2) is 99.8 Å². The van der Waals surface area contributed by atoms with Crippen LogP contribution in [0.4, 0.5) is 10.3 Å². The number of nitrogens with two attached hydrogens (primary N) is 2. The molecule has 2 unspecified atom stereocenters. The third-order valence-electron chi connectivity index (χ3n) is 13.1. The van der Waals surface area contributed by atoms with Crippen molar-refractivity contribution in [3.63, 3.8) is 0 Å². The molecule has 4 N–H and O–H groups in total. The molecule has 4 atom stereocenters. The number of aryl methyl sites for hydroxylation is 2. The number of fused-ring (bicyclic) bond motifs is 2. The third kappa shape index (κ3) is 9.82. The number of thiazole rings is 2. The number of piperidine rings is 2. The van der Waals surface area contributed by atoms with Crippen LogP contribution in [0.5, 0.6) is 0 Å². The van der Waals surface area contributed by atoms with E-state index in [1.165, 1.54) is 21.1 Å². The summed E-state index contributed by atoms with van der Waals surface area (Å²) in [7, 11) is 0. The van der Waals surface area contributed by atoms with Crippen LogP contribution >= 0.6 is 35.1 Å². The summed E-state index contributed by atoms with van der Waals surface area (Å²) < 4.78 is 12.1. The van der Waals surface area contributed by atoms with Crippen molar-refractivity contribution in [2.24, 2.45) is 11.8 Å². The number of likely N-dealkylation sites (tertiary alicyclic amines) is 2. The molecule has 57 heavy (non-hydrogen) atoms. The Morgan fingerprint density at radius 2 is 1.16 bits per heavy atom. The first-order valence-electron chi connectivity index (χ1n) is 21.4.